The highest BCUT2D eigenvalue weighted by atomic mass is 32.2. The molecule has 0 unspecified atom stereocenters. The predicted molar refractivity (Wildman–Crippen MR) is 69.6 cm³/mol. The van der Waals surface area contributed by atoms with Crippen LogP contribution in [0.5, 0.6) is 0 Å². The Hall–Kier alpha value is -0.910. The van der Waals surface area contributed by atoms with Gasteiger partial charge in [0.05, 0.1) is 11.5 Å². The Balaban J connectivity index is 2.10. The van der Waals surface area contributed by atoms with Crippen molar-refractivity contribution in [2.45, 2.75) is 38.0 Å². The normalized spacial score (nSPS) is 15.1. The number of hydrogen-bond acceptors (Lipinski definition) is 3. The van der Waals surface area contributed by atoms with Gasteiger partial charge >= 0.3 is 0 Å². The molecule has 100 valence electrons. The van der Waals surface area contributed by atoms with E-state index in [0.717, 1.165) is 24.8 Å². The molecule has 0 saturated carbocycles. The minimum Gasteiger partial charge on any atom is -0.287 e. The lowest BCUT2D eigenvalue weighted by Crippen LogP contribution is -2.26. The predicted octanol–water partition coefficient (Wildman–Crippen LogP) is 2.04. The van der Waals surface area contributed by atoms with Crippen LogP contribution in [0.15, 0.2) is 23.1 Å². The molecule has 4 nitrogen and oxygen atoms in total. The van der Waals surface area contributed by atoms with Crippen LogP contribution in [0.2, 0.25) is 0 Å². The van der Waals surface area contributed by atoms with Crippen LogP contribution in [0.3, 0.4) is 0 Å². The first-order chi connectivity index (χ1) is 8.49. The molecular weight excluding hydrogens is 250 g/mol. The summed E-state index contributed by atoms with van der Waals surface area (Å²) in [6, 6.07) is 5.30. The van der Waals surface area contributed by atoms with E-state index < -0.39 is 10.0 Å². The second-order valence-electron chi connectivity index (χ2n) is 5.08. The molecular formula is C13H19NO3S. The fraction of sp³-hybridized carbons (Fsp3) is 0.538. The molecule has 5 heteroatoms. The van der Waals surface area contributed by atoms with E-state index >= 15 is 0 Å². The van der Waals surface area contributed by atoms with E-state index in [-0.39, 0.29) is 10.8 Å². The maximum Gasteiger partial charge on any atom is 0.262 e. The van der Waals surface area contributed by atoms with E-state index in [0.29, 0.717) is 6.61 Å². The fourth-order valence-corrected chi connectivity index (χ4v) is 2.91. The molecule has 18 heavy (non-hydrogen) atoms. The Morgan fingerprint density at radius 3 is 2.72 bits per heavy atom. The average molecular weight is 269 g/mol. The first kappa shape index (κ1) is 13.5. The van der Waals surface area contributed by atoms with Gasteiger partial charge in [0.25, 0.3) is 10.0 Å². The topological polar surface area (TPSA) is 55.4 Å². The van der Waals surface area contributed by atoms with Gasteiger partial charge < -0.3 is 0 Å². The molecule has 0 bridgehead atoms. The standard InChI is InChI=1S/C13H19NO3S/c1-10(2)9-17-14-18(15,16)13-7-6-11-4-3-5-12(11)8-13/h6-8,10,14H,3-5,9H2,1-2H3. The number of aryl methyl sites for hydroxylation is 2. The Bertz CT molecular complexity index is 523. The molecule has 0 aromatic heterocycles. The summed E-state index contributed by atoms with van der Waals surface area (Å²) in [5, 5.41) is 0. The van der Waals surface area contributed by atoms with E-state index in [1.165, 1.54) is 5.56 Å². The van der Waals surface area contributed by atoms with Crippen LogP contribution in [0.4, 0.5) is 0 Å². The highest BCUT2D eigenvalue weighted by Gasteiger charge is 2.18. The fourth-order valence-electron chi connectivity index (χ4n) is 2.04. The van der Waals surface area contributed by atoms with Gasteiger partial charge in [0.1, 0.15) is 0 Å². The second kappa shape index (κ2) is 5.38. The lowest BCUT2D eigenvalue weighted by molar-refractivity contribution is 0.0718. The van der Waals surface area contributed by atoms with Gasteiger partial charge in [-0.3, -0.25) is 4.84 Å². The van der Waals surface area contributed by atoms with Crippen LogP contribution in [-0.2, 0) is 27.7 Å². The Morgan fingerprint density at radius 1 is 1.28 bits per heavy atom. The van der Waals surface area contributed by atoms with E-state index in [1.54, 1.807) is 12.1 Å². The maximum atomic E-state index is 12.0. The van der Waals surface area contributed by atoms with E-state index in [4.69, 9.17) is 4.84 Å². The van der Waals surface area contributed by atoms with Gasteiger partial charge in [-0.25, -0.2) is 8.42 Å². The summed E-state index contributed by atoms with van der Waals surface area (Å²) in [4.78, 5) is 7.45. The van der Waals surface area contributed by atoms with E-state index in [9.17, 15) is 8.42 Å². The molecule has 0 heterocycles. The molecule has 2 rings (SSSR count). The first-order valence-electron chi connectivity index (χ1n) is 6.24. The van der Waals surface area contributed by atoms with Crippen LogP contribution in [0.25, 0.3) is 0 Å². The molecule has 0 radical (unpaired) electrons. The monoisotopic (exact) mass is 269 g/mol. The van der Waals surface area contributed by atoms with Gasteiger partial charge in [-0.2, -0.15) is 0 Å². The van der Waals surface area contributed by atoms with Crippen molar-refractivity contribution in [3.63, 3.8) is 0 Å². The SMILES string of the molecule is CC(C)CONS(=O)(=O)c1ccc2c(c1)CCC2. The summed E-state index contributed by atoms with van der Waals surface area (Å²) in [6.07, 6.45) is 3.12. The quantitative estimate of drug-likeness (QED) is 0.832. The number of benzene rings is 1. The van der Waals surface area contributed by atoms with Crippen LogP contribution in [-0.4, -0.2) is 15.0 Å². The largest absolute Gasteiger partial charge is 0.287 e. The van der Waals surface area contributed by atoms with Gasteiger partial charge in [-0.1, -0.05) is 24.8 Å². The van der Waals surface area contributed by atoms with Crippen molar-refractivity contribution in [2.75, 3.05) is 6.61 Å². The molecule has 0 aliphatic heterocycles. The smallest absolute Gasteiger partial charge is 0.262 e. The number of sulfonamides is 1. The number of rotatable bonds is 5. The zero-order valence-corrected chi connectivity index (χ0v) is 11.6. The summed E-state index contributed by atoms with van der Waals surface area (Å²) in [6.45, 7) is 4.29. The number of hydrogen-bond donors (Lipinski definition) is 1. The third-order valence-corrected chi connectivity index (χ3v) is 4.18. The van der Waals surface area contributed by atoms with Crippen molar-refractivity contribution >= 4 is 10.0 Å². The Kier molecular flexibility index (Phi) is 4.04. The summed E-state index contributed by atoms with van der Waals surface area (Å²) in [7, 11) is -3.55. The second-order valence-corrected chi connectivity index (χ2v) is 6.72. The molecule has 0 atom stereocenters. The third-order valence-electron chi connectivity index (χ3n) is 2.97. The van der Waals surface area contributed by atoms with Crippen molar-refractivity contribution < 1.29 is 13.3 Å². The molecule has 1 aliphatic carbocycles. The van der Waals surface area contributed by atoms with Crippen LogP contribution in [0.1, 0.15) is 31.4 Å². The zero-order valence-electron chi connectivity index (χ0n) is 10.8. The molecule has 0 fully saturated rings. The molecule has 1 aliphatic rings. The average Bonchev–Trinajstić information content (AvgIpc) is 2.74. The summed E-state index contributed by atoms with van der Waals surface area (Å²) >= 11 is 0. The Morgan fingerprint density at radius 2 is 2.00 bits per heavy atom. The minimum absolute atomic E-state index is 0.284. The molecule has 1 aromatic carbocycles. The lowest BCUT2D eigenvalue weighted by atomic mass is 10.1. The molecule has 1 aromatic rings. The van der Waals surface area contributed by atoms with Gasteiger partial charge in [-0.15, -0.1) is 0 Å². The van der Waals surface area contributed by atoms with Gasteiger partial charge in [-0.05, 0) is 48.4 Å². The van der Waals surface area contributed by atoms with Crippen LogP contribution >= 0.6 is 0 Å². The van der Waals surface area contributed by atoms with Crippen molar-refractivity contribution in [1.29, 1.82) is 0 Å². The van der Waals surface area contributed by atoms with Crippen LogP contribution < -0.4 is 4.89 Å². The lowest BCUT2D eigenvalue weighted by Gasteiger charge is -2.10. The van der Waals surface area contributed by atoms with Crippen molar-refractivity contribution in [1.82, 2.24) is 4.89 Å². The van der Waals surface area contributed by atoms with E-state index in [1.807, 2.05) is 19.9 Å². The summed E-state index contributed by atoms with van der Waals surface area (Å²) in [5.74, 6) is 0.285. The van der Waals surface area contributed by atoms with Gasteiger partial charge in [0.2, 0.25) is 0 Å². The van der Waals surface area contributed by atoms with Gasteiger partial charge in [0, 0.05) is 0 Å². The molecule has 1 N–H and O–H groups in total. The minimum atomic E-state index is -3.55. The summed E-state index contributed by atoms with van der Waals surface area (Å²) in [5.41, 5.74) is 2.40. The number of fused-ring (bicyclic) bond motifs is 1. The number of nitrogens with one attached hydrogen (secondary N) is 1. The molecule has 0 saturated heterocycles. The summed E-state index contributed by atoms with van der Waals surface area (Å²) < 4.78 is 24.0. The van der Waals surface area contributed by atoms with Crippen molar-refractivity contribution in [3.05, 3.63) is 29.3 Å². The highest BCUT2D eigenvalue weighted by molar-refractivity contribution is 7.89. The highest BCUT2D eigenvalue weighted by Crippen LogP contribution is 2.24. The van der Waals surface area contributed by atoms with Crippen molar-refractivity contribution in [2.24, 2.45) is 5.92 Å². The zero-order chi connectivity index (χ0) is 13.2. The maximum absolute atomic E-state index is 12.0. The first-order valence-corrected chi connectivity index (χ1v) is 7.73. The Labute approximate surface area is 108 Å². The third kappa shape index (κ3) is 3.10. The molecule has 0 amide bonds. The van der Waals surface area contributed by atoms with Gasteiger partial charge in [0.15, 0.2) is 0 Å². The van der Waals surface area contributed by atoms with Crippen LogP contribution in [0, 0.1) is 5.92 Å². The molecule has 0 spiro atoms. The van der Waals surface area contributed by atoms with Crippen molar-refractivity contribution in [3.8, 4) is 0 Å². The van der Waals surface area contributed by atoms with E-state index in [2.05, 4.69) is 4.89 Å².